The van der Waals surface area contributed by atoms with Gasteiger partial charge in [-0.05, 0) is 36.2 Å². The summed E-state index contributed by atoms with van der Waals surface area (Å²) in [6, 6.07) is 3.51. The number of carbonyl (C=O) groups is 1. The van der Waals surface area contributed by atoms with Crippen molar-refractivity contribution in [3.8, 4) is 0 Å². The van der Waals surface area contributed by atoms with E-state index in [0.29, 0.717) is 5.56 Å². The van der Waals surface area contributed by atoms with Gasteiger partial charge in [0, 0.05) is 24.2 Å². The van der Waals surface area contributed by atoms with Gasteiger partial charge in [-0.3, -0.25) is 9.48 Å². The first-order valence-corrected chi connectivity index (χ1v) is 4.59. The molecule has 0 spiro atoms. The van der Waals surface area contributed by atoms with Crippen LogP contribution < -0.4 is 0 Å². The first-order valence-electron chi connectivity index (χ1n) is 4.22. The van der Waals surface area contributed by atoms with E-state index in [2.05, 4.69) is 5.10 Å². The van der Waals surface area contributed by atoms with Crippen molar-refractivity contribution in [2.24, 2.45) is 7.05 Å². The quantitative estimate of drug-likeness (QED) is 0.674. The van der Waals surface area contributed by atoms with E-state index < -0.39 is 5.24 Å². The summed E-state index contributed by atoms with van der Waals surface area (Å²) in [6.45, 7) is 1.92. The average molecular weight is 209 g/mol. The molecule has 0 radical (unpaired) electrons. The van der Waals surface area contributed by atoms with E-state index in [-0.39, 0.29) is 0 Å². The van der Waals surface area contributed by atoms with Crippen LogP contribution in [0.4, 0.5) is 0 Å². The lowest BCUT2D eigenvalue weighted by atomic mass is 10.1. The summed E-state index contributed by atoms with van der Waals surface area (Å²) in [5.41, 5.74) is 2.39. The molecule has 0 unspecified atom stereocenters. The first-order chi connectivity index (χ1) is 6.58. The van der Waals surface area contributed by atoms with Crippen molar-refractivity contribution >= 4 is 27.7 Å². The maximum absolute atomic E-state index is 11.0. The number of aromatic nitrogens is 2. The number of aryl methyl sites for hydroxylation is 2. The van der Waals surface area contributed by atoms with Crippen LogP contribution in [0.5, 0.6) is 0 Å². The van der Waals surface area contributed by atoms with Crippen LogP contribution in [0, 0.1) is 6.92 Å². The molecule has 0 aliphatic rings. The van der Waals surface area contributed by atoms with Gasteiger partial charge in [0.05, 0.1) is 5.52 Å². The van der Waals surface area contributed by atoms with Gasteiger partial charge in [0.15, 0.2) is 0 Å². The lowest BCUT2D eigenvalue weighted by molar-refractivity contribution is 0.108. The number of rotatable bonds is 1. The van der Waals surface area contributed by atoms with Crippen LogP contribution in [-0.2, 0) is 7.05 Å². The second kappa shape index (κ2) is 3.10. The summed E-state index contributed by atoms with van der Waals surface area (Å²) in [4.78, 5) is 11.0. The Morgan fingerprint density at radius 2 is 2.21 bits per heavy atom. The summed E-state index contributed by atoms with van der Waals surface area (Å²) in [6.07, 6.45) is 1.87. The molecular weight excluding hydrogens is 200 g/mol. The van der Waals surface area contributed by atoms with Crippen molar-refractivity contribution in [2.45, 2.75) is 6.92 Å². The number of fused-ring (bicyclic) bond motifs is 1. The number of nitrogens with zero attached hydrogens (tertiary/aromatic N) is 2. The zero-order valence-corrected chi connectivity index (χ0v) is 8.67. The van der Waals surface area contributed by atoms with E-state index in [0.717, 1.165) is 16.5 Å². The first kappa shape index (κ1) is 9.21. The van der Waals surface area contributed by atoms with Crippen LogP contribution in [0.2, 0.25) is 0 Å². The van der Waals surface area contributed by atoms with E-state index in [4.69, 9.17) is 11.6 Å². The van der Waals surface area contributed by atoms with Crippen molar-refractivity contribution in [3.05, 3.63) is 29.5 Å². The Morgan fingerprint density at radius 1 is 1.50 bits per heavy atom. The van der Waals surface area contributed by atoms with Gasteiger partial charge in [-0.1, -0.05) is 0 Å². The minimum Gasteiger partial charge on any atom is -0.276 e. The Balaban J connectivity index is 2.77. The molecule has 1 aromatic carbocycles. The van der Waals surface area contributed by atoms with E-state index in [1.807, 2.05) is 20.2 Å². The molecule has 0 N–H and O–H groups in total. The molecule has 0 bridgehead atoms. The maximum Gasteiger partial charge on any atom is 0.252 e. The minimum atomic E-state index is -0.432. The highest BCUT2D eigenvalue weighted by Crippen LogP contribution is 2.19. The molecule has 0 fully saturated rings. The monoisotopic (exact) mass is 208 g/mol. The van der Waals surface area contributed by atoms with Gasteiger partial charge in [-0.25, -0.2) is 0 Å². The molecule has 2 rings (SSSR count). The second-order valence-corrected chi connectivity index (χ2v) is 3.65. The molecule has 0 atom stereocenters. The summed E-state index contributed by atoms with van der Waals surface area (Å²) < 4.78 is 1.72. The number of carbonyl (C=O) groups excluding carboxylic acids is 1. The van der Waals surface area contributed by atoms with E-state index in [9.17, 15) is 4.79 Å². The zero-order valence-electron chi connectivity index (χ0n) is 7.91. The van der Waals surface area contributed by atoms with E-state index in [1.165, 1.54) is 0 Å². The summed E-state index contributed by atoms with van der Waals surface area (Å²) in [5.74, 6) is 0. The molecule has 0 aliphatic carbocycles. The van der Waals surface area contributed by atoms with Crippen LogP contribution in [0.25, 0.3) is 10.9 Å². The molecule has 1 aromatic heterocycles. The molecular formula is C10H9ClN2O. The highest BCUT2D eigenvalue weighted by molar-refractivity contribution is 6.67. The fourth-order valence-corrected chi connectivity index (χ4v) is 1.65. The summed E-state index contributed by atoms with van der Waals surface area (Å²) in [7, 11) is 1.85. The van der Waals surface area contributed by atoms with Gasteiger partial charge in [-0.15, -0.1) is 0 Å². The van der Waals surface area contributed by atoms with Gasteiger partial charge in [0.1, 0.15) is 0 Å². The number of benzene rings is 1. The van der Waals surface area contributed by atoms with Crippen LogP contribution in [-0.4, -0.2) is 15.0 Å². The largest absolute Gasteiger partial charge is 0.276 e. The smallest absolute Gasteiger partial charge is 0.252 e. The normalized spacial score (nSPS) is 10.8. The van der Waals surface area contributed by atoms with Crippen LogP contribution in [0.15, 0.2) is 18.3 Å². The molecule has 4 heteroatoms. The summed E-state index contributed by atoms with van der Waals surface area (Å²) >= 11 is 5.42. The molecule has 1 heterocycles. The molecule has 2 aromatic rings. The molecule has 72 valence electrons. The topological polar surface area (TPSA) is 34.9 Å². The molecule has 14 heavy (non-hydrogen) atoms. The average Bonchev–Trinajstić information content (AvgIpc) is 2.45. The SMILES string of the molecule is Cc1cc(C(=O)Cl)cc2cn(C)nc12. The lowest BCUT2D eigenvalue weighted by Crippen LogP contribution is -1.90. The molecule has 3 nitrogen and oxygen atoms in total. The van der Waals surface area contributed by atoms with Crippen molar-refractivity contribution in [1.29, 1.82) is 0 Å². The molecule has 0 saturated heterocycles. The Hall–Kier alpha value is -1.35. The Kier molecular flexibility index (Phi) is 2.04. The van der Waals surface area contributed by atoms with Crippen molar-refractivity contribution in [2.75, 3.05) is 0 Å². The predicted molar refractivity (Wildman–Crippen MR) is 55.6 cm³/mol. The lowest BCUT2D eigenvalue weighted by Gasteiger charge is -1.97. The highest BCUT2D eigenvalue weighted by atomic mass is 35.5. The van der Waals surface area contributed by atoms with Crippen molar-refractivity contribution in [3.63, 3.8) is 0 Å². The number of hydrogen-bond donors (Lipinski definition) is 0. The van der Waals surface area contributed by atoms with E-state index >= 15 is 0 Å². The second-order valence-electron chi connectivity index (χ2n) is 3.31. The van der Waals surface area contributed by atoms with Gasteiger partial charge in [-0.2, -0.15) is 5.10 Å². The van der Waals surface area contributed by atoms with E-state index in [1.54, 1.807) is 16.8 Å². The van der Waals surface area contributed by atoms with Crippen LogP contribution in [0.1, 0.15) is 15.9 Å². The minimum absolute atomic E-state index is 0.432. The molecule has 0 saturated carbocycles. The molecule has 0 amide bonds. The van der Waals surface area contributed by atoms with Crippen molar-refractivity contribution < 1.29 is 4.79 Å². The standard InChI is InChI=1S/C10H9ClN2O/c1-6-3-7(10(11)14)4-8-5-13(2)12-9(6)8/h3-5H,1-2H3. The van der Waals surface area contributed by atoms with Crippen molar-refractivity contribution in [1.82, 2.24) is 9.78 Å². The van der Waals surface area contributed by atoms with Gasteiger partial charge in [0.2, 0.25) is 0 Å². The Morgan fingerprint density at radius 3 is 2.86 bits per heavy atom. The third-order valence-corrected chi connectivity index (χ3v) is 2.36. The summed E-state index contributed by atoms with van der Waals surface area (Å²) in [5, 5.41) is 4.79. The van der Waals surface area contributed by atoms with Gasteiger partial charge in [0.25, 0.3) is 5.24 Å². The van der Waals surface area contributed by atoms with Gasteiger partial charge >= 0.3 is 0 Å². The number of hydrogen-bond acceptors (Lipinski definition) is 2. The Bertz CT molecular complexity index is 516. The van der Waals surface area contributed by atoms with Gasteiger partial charge < -0.3 is 0 Å². The predicted octanol–water partition coefficient (Wildman–Crippen LogP) is 2.26. The van der Waals surface area contributed by atoms with Crippen LogP contribution in [0.3, 0.4) is 0 Å². The fraction of sp³-hybridized carbons (Fsp3) is 0.200. The zero-order chi connectivity index (χ0) is 10.3. The van der Waals surface area contributed by atoms with Crippen LogP contribution >= 0.6 is 11.6 Å². The third kappa shape index (κ3) is 1.40. The third-order valence-electron chi connectivity index (χ3n) is 2.14. The molecule has 0 aliphatic heterocycles. The fourth-order valence-electron chi connectivity index (χ4n) is 1.54. The Labute approximate surface area is 86.3 Å². The maximum atomic E-state index is 11.0. The highest BCUT2D eigenvalue weighted by Gasteiger charge is 2.08. The number of halogens is 1.